The van der Waals surface area contributed by atoms with Gasteiger partial charge in [0.25, 0.3) is 0 Å². The van der Waals surface area contributed by atoms with E-state index < -0.39 is 5.82 Å². The molecule has 2 aromatic rings. The summed E-state index contributed by atoms with van der Waals surface area (Å²) in [5.41, 5.74) is 0.791. The lowest BCUT2D eigenvalue weighted by Gasteiger charge is -2.14. The molecule has 1 fully saturated rings. The van der Waals surface area contributed by atoms with Crippen LogP contribution in [0.15, 0.2) is 42.7 Å². The van der Waals surface area contributed by atoms with Crippen LogP contribution in [0.5, 0.6) is 6.01 Å². The zero-order valence-electron chi connectivity index (χ0n) is 12.7. The molecule has 124 valence electrons. The smallest absolute Gasteiger partial charge is 0.316 e. The molecular formula is C17H15ClFN3O2. The van der Waals surface area contributed by atoms with Crippen LogP contribution < -0.4 is 4.74 Å². The fourth-order valence-corrected chi connectivity index (χ4v) is 2.61. The van der Waals surface area contributed by atoms with Gasteiger partial charge in [0.15, 0.2) is 5.82 Å². The second-order valence-corrected chi connectivity index (χ2v) is 5.76. The molecule has 5 nitrogen and oxygen atoms in total. The molecule has 1 saturated heterocycles. The van der Waals surface area contributed by atoms with E-state index in [1.165, 1.54) is 6.08 Å². The number of halogens is 2. The summed E-state index contributed by atoms with van der Waals surface area (Å²) in [4.78, 5) is 21.4. The monoisotopic (exact) mass is 347 g/mol. The third-order valence-corrected chi connectivity index (χ3v) is 3.98. The maximum absolute atomic E-state index is 12.8. The van der Waals surface area contributed by atoms with Crippen molar-refractivity contribution in [3.63, 3.8) is 0 Å². The first kappa shape index (κ1) is 16.4. The van der Waals surface area contributed by atoms with Crippen molar-refractivity contribution in [3.05, 3.63) is 59.1 Å². The van der Waals surface area contributed by atoms with E-state index in [2.05, 4.69) is 9.97 Å². The highest BCUT2D eigenvalue weighted by molar-refractivity contribution is 6.32. The van der Waals surface area contributed by atoms with Gasteiger partial charge in [0, 0.05) is 24.1 Å². The number of aromatic nitrogens is 2. The number of carbonyl (C=O) groups is 1. The van der Waals surface area contributed by atoms with Crippen molar-refractivity contribution in [1.29, 1.82) is 0 Å². The molecule has 0 saturated carbocycles. The summed E-state index contributed by atoms with van der Waals surface area (Å²) in [5.74, 6) is -0.628. The Morgan fingerprint density at radius 2 is 2.08 bits per heavy atom. The van der Waals surface area contributed by atoms with Gasteiger partial charge in [-0.3, -0.25) is 4.79 Å². The first-order chi connectivity index (χ1) is 11.6. The number of hydrogen-bond donors (Lipinski definition) is 0. The largest absolute Gasteiger partial charge is 0.458 e. The molecule has 1 atom stereocenters. The summed E-state index contributed by atoms with van der Waals surface area (Å²) >= 11 is 6.06. The number of likely N-dealkylation sites (tertiary alicyclic amines) is 1. The van der Waals surface area contributed by atoms with Crippen LogP contribution in [0.2, 0.25) is 5.02 Å². The van der Waals surface area contributed by atoms with Gasteiger partial charge in [0.05, 0.1) is 18.9 Å². The summed E-state index contributed by atoms with van der Waals surface area (Å²) in [5, 5.41) is 0.595. The van der Waals surface area contributed by atoms with Gasteiger partial charge in [0.1, 0.15) is 6.10 Å². The van der Waals surface area contributed by atoms with Crippen LogP contribution in [0.3, 0.4) is 0 Å². The van der Waals surface area contributed by atoms with Crippen LogP contribution in [0.4, 0.5) is 4.39 Å². The lowest BCUT2D eigenvalue weighted by atomic mass is 10.2. The zero-order valence-corrected chi connectivity index (χ0v) is 13.5. The van der Waals surface area contributed by atoms with E-state index in [0.29, 0.717) is 24.5 Å². The molecule has 24 heavy (non-hydrogen) atoms. The van der Waals surface area contributed by atoms with Crippen molar-refractivity contribution >= 4 is 23.6 Å². The molecule has 0 aliphatic carbocycles. The van der Waals surface area contributed by atoms with E-state index in [0.717, 1.165) is 18.0 Å². The average Bonchev–Trinajstić information content (AvgIpc) is 3.05. The van der Waals surface area contributed by atoms with E-state index in [4.69, 9.17) is 16.3 Å². The van der Waals surface area contributed by atoms with Crippen molar-refractivity contribution in [1.82, 2.24) is 14.9 Å². The highest BCUT2D eigenvalue weighted by atomic mass is 35.5. The fraction of sp³-hybridized carbons (Fsp3) is 0.235. The number of ether oxygens (including phenoxy) is 1. The molecule has 0 unspecified atom stereocenters. The topological polar surface area (TPSA) is 55.3 Å². The summed E-state index contributed by atoms with van der Waals surface area (Å²) < 4.78 is 18.3. The normalized spacial score (nSPS) is 17.4. The minimum absolute atomic E-state index is 0.110. The van der Waals surface area contributed by atoms with Crippen LogP contribution in [0.1, 0.15) is 12.0 Å². The minimum Gasteiger partial charge on any atom is -0.458 e. The van der Waals surface area contributed by atoms with Crippen molar-refractivity contribution in [2.45, 2.75) is 12.5 Å². The standard InChI is InChI=1S/C17H15ClFN3O2/c18-15-4-2-1-3-12(15)5-6-16(23)22-8-7-14(11-22)24-17-20-9-13(19)10-21-17/h1-6,9-10,14H,7-8,11H2/b6-5+/t14-/m0/s1. The molecule has 0 radical (unpaired) electrons. The average molecular weight is 348 g/mol. The number of rotatable bonds is 4. The van der Waals surface area contributed by atoms with Crippen LogP contribution in [0.25, 0.3) is 6.08 Å². The molecule has 7 heteroatoms. The van der Waals surface area contributed by atoms with Crippen molar-refractivity contribution in [3.8, 4) is 6.01 Å². The second kappa shape index (κ2) is 7.40. The maximum atomic E-state index is 12.8. The summed E-state index contributed by atoms with van der Waals surface area (Å²) in [6, 6.07) is 7.42. The Bertz CT molecular complexity index is 752. The quantitative estimate of drug-likeness (QED) is 0.798. The first-order valence-corrected chi connectivity index (χ1v) is 7.85. The van der Waals surface area contributed by atoms with E-state index in [-0.39, 0.29) is 18.0 Å². The zero-order chi connectivity index (χ0) is 16.9. The Labute approximate surface area is 143 Å². The van der Waals surface area contributed by atoms with E-state index in [1.54, 1.807) is 17.0 Å². The Kier molecular flexibility index (Phi) is 5.05. The number of hydrogen-bond acceptors (Lipinski definition) is 4. The van der Waals surface area contributed by atoms with Crippen LogP contribution in [0, 0.1) is 5.82 Å². The van der Waals surface area contributed by atoms with Gasteiger partial charge >= 0.3 is 6.01 Å². The van der Waals surface area contributed by atoms with Crippen molar-refractivity contribution in [2.75, 3.05) is 13.1 Å². The maximum Gasteiger partial charge on any atom is 0.316 e. The molecule has 0 spiro atoms. The summed E-state index contributed by atoms with van der Waals surface area (Å²) in [6.07, 6.45) is 5.76. The SMILES string of the molecule is O=C(/C=C/c1ccccc1Cl)N1CC[C@H](Oc2ncc(F)cn2)C1. The second-order valence-electron chi connectivity index (χ2n) is 5.35. The lowest BCUT2D eigenvalue weighted by molar-refractivity contribution is -0.125. The molecule has 1 amide bonds. The molecule has 3 rings (SSSR count). The molecule has 1 aliphatic rings. The third kappa shape index (κ3) is 4.08. The molecule has 0 N–H and O–H groups in total. The number of amides is 1. The van der Waals surface area contributed by atoms with Gasteiger partial charge < -0.3 is 9.64 Å². The fourth-order valence-electron chi connectivity index (χ4n) is 2.41. The molecule has 1 aromatic heterocycles. The van der Waals surface area contributed by atoms with Crippen LogP contribution >= 0.6 is 11.6 Å². The number of nitrogens with zero attached hydrogens (tertiary/aromatic N) is 3. The minimum atomic E-state index is -0.518. The number of benzene rings is 1. The van der Waals surface area contributed by atoms with Gasteiger partial charge in [-0.25, -0.2) is 14.4 Å². The van der Waals surface area contributed by atoms with Crippen LogP contribution in [-0.4, -0.2) is 40.0 Å². The van der Waals surface area contributed by atoms with Crippen molar-refractivity contribution < 1.29 is 13.9 Å². The van der Waals surface area contributed by atoms with Crippen LogP contribution in [-0.2, 0) is 4.79 Å². The highest BCUT2D eigenvalue weighted by Gasteiger charge is 2.27. The molecule has 1 aromatic carbocycles. The van der Waals surface area contributed by atoms with Gasteiger partial charge in [-0.2, -0.15) is 0 Å². The molecule has 0 bridgehead atoms. The Morgan fingerprint density at radius 1 is 1.33 bits per heavy atom. The summed E-state index contributed by atoms with van der Waals surface area (Å²) in [6.45, 7) is 1.02. The van der Waals surface area contributed by atoms with Gasteiger partial charge in [-0.05, 0) is 17.7 Å². The Hall–Kier alpha value is -2.47. The van der Waals surface area contributed by atoms with Gasteiger partial charge in [0.2, 0.25) is 5.91 Å². The highest BCUT2D eigenvalue weighted by Crippen LogP contribution is 2.18. The van der Waals surface area contributed by atoms with Crippen molar-refractivity contribution in [2.24, 2.45) is 0 Å². The predicted octanol–water partition coefficient (Wildman–Crippen LogP) is 2.96. The van der Waals surface area contributed by atoms with E-state index in [9.17, 15) is 9.18 Å². The molecular weight excluding hydrogens is 333 g/mol. The lowest BCUT2D eigenvalue weighted by Crippen LogP contribution is -2.29. The molecule has 1 aliphatic heterocycles. The third-order valence-electron chi connectivity index (χ3n) is 3.64. The Balaban J connectivity index is 1.56. The predicted molar refractivity (Wildman–Crippen MR) is 88.1 cm³/mol. The van der Waals surface area contributed by atoms with E-state index in [1.807, 2.05) is 18.2 Å². The number of carbonyl (C=O) groups excluding carboxylic acids is 1. The first-order valence-electron chi connectivity index (χ1n) is 7.47. The van der Waals surface area contributed by atoms with Gasteiger partial charge in [-0.15, -0.1) is 0 Å². The Morgan fingerprint density at radius 3 is 2.83 bits per heavy atom. The van der Waals surface area contributed by atoms with Gasteiger partial charge in [-0.1, -0.05) is 29.8 Å². The summed E-state index contributed by atoms with van der Waals surface area (Å²) in [7, 11) is 0. The molecule has 2 heterocycles. The van der Waals surface area contributed by atoms with E-state index >= 15 is 0 Å².